The van der Waals surface area contributed by atoms with E-state index in [0.717, 1.165) is 0 Å². The lowest BCUT2D eigenvalue weighted by Gasteiger charge is -2.15. The van der Waals surface area contributed by atoms with Crippen LogP contribution in [0.4, 0.5) is 0 Å². The minimum atomic E-state index is 1.22. The van der Waals surface area contributed by atoms with E-state index >= 15 is 0 Å². The lowest BCUT2D eigenvalue weighted by atomic mass is 9.91. The second-order valence-electron chi connectivity index (χ2n) is 16.2. The Morgan fingerprint density at radius 3 is 0.982 bits per heavy atom. The molecule has 0 aliphatic heterocycles. The van der Waals surface area contributed by atoms with E-state index in [-0.39, 0.29) is 0 Å². The molecule has 0 aliphatic rings. The van der Waals surface area contributed by atoms with Gasteiger partial charge in [-0.2, -0.15) is 0 Å². The van der Waals surface area contributed by atoms with Crippen molar-refractivity contribution in [2.24, 2.45) is 0 Å². The van der Waals surface area contributed by atoms with E-state index in [2.05, 4.69) is 104 Å². The molecule has 2 aromatic carbocycles. The molecule has 5 aromatic heterocycles. The highest BCUT2D eigenvalue weighted by atomic mass is 79.9. The third-order valence-electron chi connectivity index (χ3n) is 12.1. The molecule has 0 N–H and O–H groups in total. The third kappa shape index (κ3) is 8.99. The number of benzene rings is 2. The van der Waals surface area contributed by atoms with Gasteiger partial charge >= 0.3 is 0 Å². The number of fused-ring (bicyclic) bond motifs is 11. The maximum absolute atomic E-state index is 4.16. The van der Waals surface area contributed by atoms with E-state index in [1.807, 2.05) is 22.7 Å². The van der Waals surface area contributed by atoms with E-state index in [4.69, 9.17) is 0 Å². The highest BCUT2D eigenvalue weighted by molar-refractivity contribution is 9.11. The molecule has 5 heterocycles. The standard InChI is InChI=1S/C48H62Br2S5/c1-5-9-13-17-21-25-31-33(27-23-19-15-11-7-3)45-39(37-35(49)29-51-43(31)37)41-42-40-38-36(50)30-52-44(38)32(26-22-18-14-10-6-2)34(28-24-20-16-12-8-4)46(40)54-48(42)55-47(41)53-45/h29-30H,5-28H2,1-4H3. The minimum Gasteiger partial charge on any atom is -0.142 e. The van der Waals surface area contributed by atoms with Crippen LogP contribution in [0.2, 0.25) is 0 Å². The summed E-state index contributed by atoms with van der Waals surface area (Å²) in [6, 6.07) is 0. The maximum Gasteiger partial charge on any atom is 0.0899 e. The first-order chi connectivity index (χ1) is 27.0. The Morgan fingerprint density at radius 1 is 0.345 bits per heavy atom. The zero-order valence-corrected chi connectivity index (χ0v) is 41.2. The topological polar surface area (TPSA) is 0 Å². The maximum atomic E-state index is 4.16. The van der Waals surface area contributed by atoms with E-state index in [1.54, 1.807) is 70.6 Å². The smallest absolute Gasteiger partial charge is 0.0899 e. The van der Waals surface area contributed by atoms with Gasteiger partial charge < -0.3 is 0 Å². The quantitative estimate of drug-likeness (QED) is 0.0530. The summed E-state index contributed by atoms with van der Waals surface area (Å²) in [6.45, 7) is 9.34. The SMILES string of the molecule is CCCCCCCc1c(CCCCCCC)c2sc3sc4sc5c(CCCCCCC)c(CCCCCCC)c6scc(Br)c6c5c4c3c2c2c(Br)csc12. The second kappa shape index (κ2) is 20.6. The van der Waals surface area contributed by atoms with E-state index in [1.165, 1.54) is 174 Å². The van der Waals surface area contributed by atoms with E-state index in [9.17, 15) is 0 Å². The van der Waals surface area contributed by atoms with Crippen LogP contribution in [0, 0.1) is 0 Å². The predicted octanol–water partition coefficient (Wildman–Crippen LogP) is 20.5. The van der Waals surface area contributed by atoms with Crippen molar-refractivity contribution in [1.82, 2.24) is 0 Å². The van der Waals surface area contributed by atoms with Crippen molar-refractivity contribution in [3.05, 3.63) is 42.0 Å². The van der Waals surface area contributed by atoms with Crippen LogP contribution in [0.5, 0.6) is 0 Å². The van der Waals surface area contributed by atoms with Crippen LogP contribution in [-0.2, 0) is 25.7 Å². The number of rotatable bonds is 24. The second-order valence-corrected chi connectivity index (χ2v) is 23.2. The highest BCUT2D eigenvalue weighted by Gasteiger charge is 2.28. The average Bonchev–Trinajstić information content (AvgIpc) is 3.99. The van der Waals surface area contributed by atoms with Gasteiger partial charge in [-0.15, -0.1) is 56.7 Å². The Labute approximate surface area is 368 Å². The van der Waals surface area contributed by atoms with Crippen LogP contribution in [0.15, 0.2) is 19.7 Å². The van der Waals surface area contributed by atoms with Crippen molar-refractivity contribution in [2.75, 3.05) is 0 Å². The molecule has 0 atom stereocenters. The van der Waals surface area contributed by atoms with Crippen molar-refractivity contribution >= 4 is 148 Å². The van der Waals surface area contributed by atoms with Crippen LogP contribution in [0.25, 0.3) is 59.1 Å². The van der Waals surface area contributed by atoms with Gasteiger partial charge in [0.2, 0.25) is 0 Å². The van der Waals surface area contributed by atoms with Crippen LogP contribution in [0.3, 0.4) is 0 Å². The Bertz CT molecular complexity index is 2160. The van der Waals surface area contributed by atoms with Gasteiger partial charge in [0.15, 0.2) is 0 Å². The van der Waals surface area contributed by atoms with Crippen molar-refractivity contribution < 1.29 is 0 Å². The molecule has 0 aliphatic carbocycles. The molecule has 0 fully saturated rings. The average molecular weight is 959 g/mol. The fourth-order valence-corrected chi connectivity index (χ4v) is 17.5. The molecule has 55 heavy (non-hydrogen) atoms. The largest absolute Gasteiger partial charge is 0.142 e. The molecule has 7 rings (SSSR count). The molecule has 0 radical (unpaired) electrons. The Balaban J connectivity index is 1.44. The normalized spacial score (nSPS) is 12.5. The van der Waals surface area contributed by atoms with Crippen LogP contribution < -0.4 is 0 Å². The van der Waals surface area contributed by atoms with Crippen LogP contribution >= 0.6 is 88.5 Å². The molecule has 0 saturated heterocycles. The summed E-state index contributed by atoms with van der Waals surface area (Å²) in [6.07, 6.45) is 31.7. The number of hydrogen-bond acceptors (Lipinski definition) is 5. The minimum absolute atomic E-state index is 1.22. The summed E-state index contributed by atoms with van der Waals surface area (Å²) in [5, 5.41) is 14.1. The Morgan fingerprint density at radius 2 is 0.655 bits per heavy atom. The molecule has 7 heteroatoms. The highest BCUT2D eigenvalue weighted by Crippen LogP contribution is 2.57. The van der Waals surface area contributed by atoms with Gasteiger partial charge in [-0.3, -0.25) is 0 Å². The predicted molar refractivity (Wildman–Crippen MR) is 266 cm³/mol. The Kier molecular flexibility index (Phi) is 16.0. The van der Waals surface area contributed by atoms with Gasteiger partial charge in [-0.1, -0.05) is 130 Å². The number of thiophene rings is 5. The van der Waals surface area contributed by atoms with Crippen molar-refractivity contribution in [1.29, 1.82) is 0 Å². The van der Waals surface area contributed by atoms with E-state index in [0.29, 0.717) is 0 Å². The zero-order valence-electron chi connectivity index (χ0n) is 33.9. The molecule has 7 aromatic rings. The first-order valence-electron chi connectivity index (χ1n) is 22.1. The number of halogens is 2. The first kappa shape index (κ1) is 42.6. The summed E-state index contributed by atoms with van der Waals surface area (Å²) < 4.78 is 12.0. The molecule has 0 amide bonds. The van der Waals surface area contributed by atoms with Crippen molar-refractivity contribution in [3.63, 3.8) is 0 Å². The fourth-order valence-electron chi connectivity index (χ4n) is 9.22. The first-order valence-corrected chi connectivity index (χ1v) is 27.8. The summed E-state index contributed by atoms with van der Waals surface area (Å²) in [5.41, 5.74) is 6.76. The summed E-state index contributed by atoms with van der Waals surface area (Å²) in [5.74, 6) is 0. The zero-order chi connectivity index (χ0) is 38.3. The molecule has 0 bridgehead atoms. The molecular formula is C48H62Br2S5. The van der Waals surface area contributed by atoms with Gasteiger partial charge in [0, 0.05) is 70.8 Å². The van der Waals surface area contributed by atoms with E-state index < -0.39 is 0 Å². The van der Waals surface area contributed by atoms with Gasteiger partial charge in [0.1, 0.15) is 0 Å². The summed E-state index contributed by atoms with van der Waals surface area (Å²) >= 11 is 18.7. The Hall–Kier alpha value is -0.540. The summed E-state index contributed by atoms with van der Waals surface area (Å²) in [7, 11) is 0. The third-order valence-corrected chi connectivity index (χ3v) is 19.9. The molecule has 0 spiro atoms. The van der Waals surface area contributed by atoms with Crippen LogP contribution in [-0.4, -0.2) is 0 Å². The molecule has 0 saturated carbocycles. The number of unbranched alkanes of at least 4 members (excludes halogenated alkanes) is 16. The molecule has 298 valence electrons. The van der Waals surface area contributed by atoms with Crippen molar-refractivity contribution in [3.8, 4) is 0 Å². The van der Waals surface area contributed by atoms with Gasteiger partial charge in [0.05, 0.1) is 8.03 Å². The van der Waals surface area contributed by atoms with Gasteiger partial charge in [0.25, 0.3) is 0 Å². The molecule has 0 nitrogen and oxygen atoms in total. The van der Waals surface area contributed by atoms with Crippen molar-refractivity contribution in [2.45, 2.75) is 182 Å². The summed E-state index contributed by atoms with van der Waals surface area (Å²) in [4.78, 5) is 0. The lowest BCUT2D eigenvalue weighted by molar-refractivity contribution is 0.623. The molecule has 0 unspecified atom stereocenters. The van der Waals surface area contributed by atoms with Crippen LogP contribution in [0.1, 0.15) is 178 Å². The lowest BCUT2D eigenvalue weighted by Crippen LogP contribution is -1.98. The molecular weight excluding hydrogens is 897 g/mol. The van der Waals surface area contributed by atoms with Gasteiger partial charge in [-0.05, 0) is 105 Å². The number of aryl methyl sites for hydroxylation is 4. The number of hydrogen-bond donors (Lipinski definition) is 0. The monoisotopic (exact) mass is 956 g/mol. The fraction of sp³-hybridized carbons (Fsp3) is 0.583. The van der Waals surface area contributed by atoms with Gasteiger partial charge in [-0.25, -0.2) is 0 Å².